The lowest BCUT2D eigenvalue weighted by Gasteiger charge is -2.61. The summed E-state index contributed by atoms with van der Waals surface area (Å²) < 4.78 is 0. The molecule has 4 heteroatoms. The van der Waals surface area contributed by atoms with Crippen molar-refractivity contribution in [3.8, 4) is 0 Å². The van der Waals surface area contributed by atoms with Crippen molar-refractivity contribution < 1.29 is 9.63 Å². The third-order valence-corrected chi connectivity index (χ3v) is 9.10. The number of Topliss-reactive ketones (excluding diaryl/α,β-unsaturated/α-hetero) is 1. The van der Waals surface area contributed by atoms with Crippen LogP contribution >= 0.6 is 0 Å². The van der Waals surface area contributed by atoms with Crippen LogP contribution in [0.4, 0.5) is 0 Å². The third-order valence-electron chi connectivity index (χ3n) is 9.10. The number of ketones is 1. The molecule has 4 rings (SSSR count). The van der Waals surface area contributed by atoms with E-state index in [0.29, 0.717) is 35.6 Å². The molecular weight excluding hydrogens is 336 g/mol. The SMILES string of the molecule is CC(N)CON=C1CC[C@@]2(C)C(C1)C[C@@H](C)[C@H]1[C@@H]3CCC(=O)[C@]3(C)CC[C@@H]12. The molecule has 4 fully saturated rings. The van der Waals surface area contributed by atoms with E-state index in [2.05, 4.69) is 25.9 Å². The lowest BCUT2D eigenvalue weighted by molar-refractivity contribution is -0.143. The van der Waals surface area contributed by atoms with E-state index in [9.17, 15) is 4.79 Å². The first-order valence-corrected chi connectivity index (χ1v) is 11.2. The Balaban J connectivity index is 1.53. The standard InChI is InChI=1S/C23H38N2O2/c1-14-11-16-12-17(25-27-13-15(2)24)7-9-22(16,3)19-8-10-23(4)18(21(14)19)5-6-20(23)26/h14-16,18-19,21H,5-13,24H2,1-4H3/t14-,15?,16?,18+,19+,21+,22+,23-/m1/s1. The maximum absolute atomic E-state index is 12.6. The summed E-state index contributed by atoms with van der Waals surface area (Å²) in [5.74, 6) is 4.12. The Hall–Kier alpha value is -0.900. The highest BCUT2D eigenvalue weighted by molar-refractivity contribution is 5.87. The molecule has 27 heavy (non-hydrogen) atoms. The first-order valence-electron chi connectivity index (χ1n) is 11.2. The highest BCUT2D eigenvalue weighted by Gasteiger charge is 2.61. The summed E-state index contributed by atoms with van der Waals surface area (Å²) >= 11 is 0. The molecule has 8 atom stereocenters. The molecular formula is C23H38N2O2. The van der Waals surface area contributed by atoms with Gasteiger partial charge in [-0.05, 0) is 86.9 Å². The molecule has 0 spiro atoms. The van der Waals surface area contributed by atoms with Crippen molar-refractivity contribution in [1.29, 1.82) is 0 Å². The number of carbonyl (C=O) groups is 1. The van der Waals surface area contributed by atoms with E-state index in [1.807, 2.05) is 6.92 Å². The van der Waals surface area contributed by atoms with E-state index in [4.69, 9.17) is 10.6 Å². The molecule has 0 aromatic rings. The van der Waals surface area contributed by atoms with Gasteiger partial charge in [0.25, 0.3) is 0 Å². The minimum Gasteiger partial charge on any atom is -0.394 e. The number of rotatable bonds is 3. The number of fused-ring (bicyclic) bond motifs is 5. The van der Waals surface area contributed by atoms with Gasteiger partial charge in [0, 0.05) is 17.9 Å². The Kier molecular flexibility index (Phi) is 4.93. The molecule has 2 N–H and O–H groups in total. The number of hydrogen-bond donors (Lipinski definition) is 1. The van der Waals surface area contributed by atoms with E-state index in [1.165, 1.54) is 25.0 Å². The van der Waals surface area contributed by atoms with Crippen LogP contribution < -0.4 is 5.73 Å². The fourth-order valence-corrected chi connectivity index (χ4v) is 7.54. The maximum Gasteiger partial charge on any atom is 0.139 e. The van der Waals surface area contributed by atoms with Crippen molar-refractivity contribution in [2.75, 3.05) is 6.61 Å². The van der Waals surface area contributed by atoms with Crippen molar-refractivity contribution in [1.82, 2.24) is 0 Å². The van der Waals surface area contributed by atoms with Crippen LogP contribution in [-0.4, -0.2) is 24.1 Å². The molecule has 0 bridgehead atoms. The van der Waals surface area contributed by atoms with Gasteiger partial charge in [0.05, 0.1) is 5.71 Å². The Morgan fingerprint density at radius 2 is 2.00 bits per heavy atom. The van der Waals surface area contributed by atoms with Crippen molar-refractivity contribution in [3.05, 3.63) is 0 Å². The van der Waals surface area contributed by atoms with E-state index >= 15 is 0 Å². The van der Waals surface area contributed by atoms with E-state index < -0.39 is 0 Å². The number of oxime groups is 1. The summed E-state index contributed by atoms with van der Waals surface area (Å²) in [6.45, 7) is 9.75. The highest BCUT2D eigenvalue weighted by atomic mass is 16.6. The normalized spacial score (nSPS) is 49.3. The lowest BCUT2D eigenvalue weighted by atomic mass is 9.43. The number of carbonyl (C=O) groups excluding carboxylic acids is 1. The summed E-state index contributed by atoms with van der Waals surface area (Å²) in [6.07, 6.45) is 8.98. The van der Waals surface area contributed by atoms with E-state index in [1.54, 1.807) is 0 Å². The van der Waals surface area contributed by atoms with Crippen molar-refractivity contribution in [2.24, 2.45) is 51.3 Å². The zero-order chi connectivity index (χ0) is 19.4. The van der Waals surface area contributed by atoms with Gasteiger partial charge in [-0.1, -0.05) is 25.9 Å². The molecule has 4 saturated carbocycles. The second-order valence-electron chi connectivity index (χ2n) is 10.8. The van der Waals surface area contributed by atoms with Crippen LogP contribution in [0.2, 0.25) is 0 Å². The Morgan fingerprint density at radius 3 is 2.74 bits per heavy atom. The van der Waals surface area contributed by atoms with Gasteiger partial charge < -0.3 is 10.6 Å². The average molecular weight is 375 g/mol. The van der Waals surface area contributed by atoms with Crippen molar-refractivity contribution >= 4 is 11.5 Å². The van der Waals surface area contributed by atoms with Crippen LogP contribution in [0.5, 0.6) is 0 Å². The Bertz CT molecular complexity index is 630. The topological polar surface area (TPSA) is 64.7 Å². The lowest BCUT2D eigenvalue weighted by Crippen LogP contribution is -2.56. The molecule has 0 heterocycles. The zero-order valence-electron chi connectivity index (χ0n) is 17.7. The molecule has 2 unspecified atom stereocenters. The molecule has 0 saturated heterocycles. The van der Waals surface area contributed by atoms with Gasteiger partial charge in [-0.15, -0.1) is 0 Å². The highest BCUT2D eigenvalue weighted by Crippen LogP contribution is 2.66. The molecule has 0 radical (unpaired) electrons. The largest absolute Gasteiger partial charge is 0.394 e. The summed E-state index contributed by atoms with van der Waals surface area (Å²) in [5.41, 5.74) is 7.39. The van der Waals surface area contributed by atoms with Gasteiger partial charge in [0.1, 0.15) is 12.4 Å². The van der Waals surface area contributed by atoms with Crippen LogP contribution in [0.3, 0.4) is 0 Å². The molecule has 4 nitrogen and oxygen atoms in total. The molecule has 0 aromatic heterocycles. The molecule has 0 aromatic carbocycles. The molecule has 4 aliphatic carbocycles. The fraction of sp³-hybridized carbons (Fsp3) is 0.913. The monoisotopic (exact) mass is 374 g/mol. The van der Waals surface area contributed by atoms with Gasteiger partial charge in [-0.3, -0.25) is 4.79 Å². The Morgan fingerprint density at radius 1 is 1.22 bits per heavy atom. The first-order chi connectivity index (χ1) is 12.8. The second kappa shape index (κ2) is 6.86. The fourth-order valence-electron chi connectivity index (χ4n) is 7.54. The molecule has 0 aliphatic heterocycles. The van der Waals surface area contributed by atoms with E-state index in [-0.39, 0.29) is 11.5 Å². The zero-order valence-corrected chi connectivity index (χ0v) is 17.7. The smallest absolute Gasteiger partial charge is 0.139 e. The average Bonchev–Trinajstić information content (AvgIpc) is 2.91. The van der Waals surface area contributed by atoms with Gasteiger partial charge in [0.15, 0.2) is 0 Å². The van der Waals surface area contributed by atoms with Gasteiger partial charge in [-0.2, -0.15) is 0 Å². The number of nitrogens with two attached hydrogens (primary N) is 1. The van der Waals surface area contributed by atoms with Crippen LogP contribution in [-0.2, 0) is 9.63 Å². The van der Waals surface area contributed by atoms with Crippen molar-refractivity contribution in [3.63, 3.8) is 0 Å². The first kappa shape index (κ1) is 19.4. The summed E-state index contributed by atoms with van der Waals surface area (Å²) in [6, 6.07) is 0.0318. The van der Waals surface area contributed by atoms with Crippen molar-refractivity contribution in [2.45, 2.75) is 85.1 Å². The van der Waals surface area contributed by atoms with Gasteiger partial charge in [0.2, 0.25) is 0 Å². The van der Waals surface area contributed by atoms with Crippen LogP contribution in [0.15, 0.2) is 5.16 Å². The number of nitrogens with zero attached hydrogens (tertiary/aromatic N) is 1. The molecule has 0 amide bonds. The summed E-state index contributed by atoms with van der Waals surface area (Å²) in [4.78, 5) is 18.1. The second-order valence-corrected chi connectivity index (χ2v) is 10.8. The third kappa shape index (κ3) is 3.07. The molecule has 152 valence electrons. The maximum atomic E-state index is 12.6. The summed E-state index contributed by atoms with van der Waals surface area (Å²) in [7, 11) is 0. The van der Waals surface area contributed by atoms with Crippen LogP contribution in [0, 0.1) is 40.4 Å². The molecule has 4 aliphatic rings. The van der Waals surface area contributed by atoms with Gasteiger partial charge >= 0.3 is 0 Å². The quantitative estimate of drug-likeness (QED) is 0.736. The minimum absolute atomic E-state index is 0.0212. The predicted molar refractivity (Wildman–Crippen MR) is 108 cm³/mol. The minimum atomic E-state index is -0.0212. The number of hydrogen-bond acceptors (Lipinski definition) is 4. The summed E-state index contributed by atoms with van der Waals surface area (Å²) in [5, 5.41) is 4.44. The van der Waals surface area contributed by atoms with Gasteiger partial charge in [-0.25, -0.2) is 0 Å². The van der Waals surface area contributed by atoms with Crippen LogP contribution in [0.1, 0.15) is 79.1 Å². The predicted octanol–water partition coefficient (Wildman–Crippen LogP) is 4.56. The van der Waals surface area contributed by atoms with E-state index in [0.717, 1.165) is 43.9 Å². The Labute approximate surface area is 164 Å². The van der Waals surface area contributed by atoms with Crippen LogP contribution in [0.25, 0.3) is 0 Å².